The van der Waals surface area contributed by atoms with E-state index in [-0.39, 0.29) is 6.04 Å². The van der Waals surface area contributed by atoms with Crippen molar-refractivity contribution in [1.29, 1.82) is 0 Å². The van der Waals surface area contributed by atoms with Gasteiger partial charge in [-0.05, 0) is 30.9 Å². The third-order valence-corrected chi connectivity index (χ3v) is 3.45. The molecule has 1 aliphatic carbocycles. The van der Waals surface area contributed by atoms with E-state index in [2.05, 4.69) is 10.1 Å². The van der Waals surface area contributed by atoms with Gasteiger partial charge in [-0.3, -0.25) is 0 Å². The van der Waals surface area contributed by atoms with Crippen molar-refractivity contribution in [3.8, 4) is 17.1 Å². The number of methoxy groups -OCH3 is 1. The van der Waals surface area contributed by atoms with Crippen molar-refractivity contribution < 1.29 is 9.26 Å². The standard InChI is InChI=1S/C14H17N3O2/c1-18-12-5-3-2-4-10(12)14-16-13(19-17-14)8-11(15)9-6-7-9/h2-5,9,11H,6-8,15H2,1H3. The lowest BCUT2D eigenvalue weighted by atomic mass is 10.1. The van der Waals surface area contributed by atoms with Gasteiger partial charge in [0.05, 0.1) is 12.7 Å². The topological polar surface area (TPSA) is 74.2 Å². The molecular weight excluding hydrogens is 242 g/mol. The van der Waals surface area contributed by atoms with Crippen LogP contribution in [0.25, 0.3) is 11.4 Å². The van der Waals surface area contributed by atoms with Crippen molar-refractivity contribution in [2.45, 2.75) is 25.3 Å². The molecule has 0 saturated heterocycles. The largest absolute Gasteiger partial charge is 0.496 e. The molecule has 1 heterocycles. The van der Waals surface area contributed by atoms with Crippen LogP contribution >= 0.6 is 0 Å². The van der Waals surface area contributed by atoms with Crippen LogP contribution in [0.2, 0.25) is 0 Å². The normalized spacial score (nSPS) is 16.3. The molecule has 1 aromatic heterocycles. The van der Waals surface area contributed by atoms with Gasteiger partial charge in [0.25, 0.3) is 0 Å². The van der Waals surface area contributed by atoms with Crippen LogP contribution in [0.4, 0.5) is 0 Å². The van der Waals surface area contributed by atoms with Gasteiger partial charge in [-0.15, -0.1) is 0 Å². The molecule has 2 aromatic rings. The summed E-state index contributed by atoms with van der Waals surface area (Å²) in [7, 11) is 1.63. The number of nitrogens with two attached hydrogens (primary N) is 1. The van der Waals surface area contributed by atoms with Crippen molar-refractivity contribution in [1.82, 2.24) is 10.1 Å². The summed E-state index contributed by atoms with van der Waals surface area (Å²) < 4.78 is 10.6. The van der Waals surface area contributed by atoms with E-state index in [1.54, 1.807) is 7.11 Å². The first-order valence-corrected chi connectivity index (χ1v) is 6.49. The second-order valence-corrected chi connectivity index (χ2v) is 4.92. The fraction of sp³-hybridized carbons (Fsp3) is 0.429. The Morgan fingerprint density at radius 1 is 1.42 bits per heavy atom. The van der Waals surface area contributed by atoms with Crippen LogP contribution in [0.1, 0.15) is 18.7 Å². The number of aromatic nitrogens is 2. The van der Waals surface area contributed by atoms with E-state index in [1.165, 1.54) is 12.8 Å². The number of nitrogens with zero attached hydrogens (tertiary/aromatic N) is 2. The zero-order valence-electron chi connectivity index (χ0n) is 10.9. The molecule has 0 radical (unpaired) electrons. The number of ether oxygens (including phenoxy) is 1. The molecule has 3 rings (SSSR count). The lowest BCUT2D eigenvalue weighted by Gasteiger charge is -2.05. The molecule has 19 heavy (non-hydrogen) atoms. The second-order valence-electron chi connectivity index (χ2n) is 4.92. The zero-order valence-corrected chi connectivity index (χ0v) is 10.9. The second kappa shape index (κ2) is 5.01. The summed E-state index contributed by atoms with van der Waals surface area (Å²) in [5.74, 6) is 2.51. The molecule has 100 valence electrons. The highest BCUT2D eigenvalue weighted by Gasteiger charge is 2.29. The molecule has 1 unspecified atom stereocenters. The Kier molecular flexibility index (Phi) is 3.21. The van der Waals surface area contributed by atoms with E-state index in [1.807, 2.05) is 24.3 Å². The number of hydrogen-bond acceptors (Lipinski definition) is 5. The summed E-state index contributed by atoms with van der Waals surface area (Å²) in [6, 6.07) is 7.75. The van der Waals surface area contributed by atoms with Crippen LogP contribution in [0.3, 0.4) is 0 Å². The number of benzene rings is 1. The van der Waals surface area contributed by atoms with Crippen molar-refractivity contribution >= 4 is 0 Å². The lowest BCUT2D eigenvalue weighted by Crippen LogP contribution is -2.25. The summed E-state index contributed by atoms with van der Waals surface area (Å²) in [6.45, 7) is 0. The number of hydrogen-bond donors (Lipinski definition) is 1. The molecule has 5 heteroatoms. The van der Waals surface area contributed by atoms with Crippen LogP contribution in [-0.2, 0) is 6.42 Å². The molecule has 0 aliphatic heterocycles. The van der Waals surface area contributed by atoms with Gasteiger partial charge in [-0.1, -0.05) is 17.3 Å². The molecule has 1 saturated carbocycles. The van der Waals surface area contributed by atoms with E-state index < -0.39 is 0 Å². The Bertz CT molecular complexity index is 563. The minimum atomic E-state index is 0.131. The van der Waals surface area contributed by atoms with Crippen LogP contribution in [0, 0.1) is 5.92 Å². The van der Waals surface area contributed by atoms with Crippen LogP contribution in [0.15, 0.2) is 28.8 Å². The first-order chi connectivity index (χ1) is 9.28. The molecule has 0 spiro atoms. The summed E-state index contributed by atoms with van der Waals surface area (Å²) >= 11 is 0. The molecule has 5 nitrogen and oxygen atoms in total. The molecule has 1 fully saturated rings. The van der Waals surface area contributed by atoms with Crippen LogP contribution < -0.4 is 10.5 Å². The third kappa shape index (κ3) is 2.61. The van der Waals surface area contributed by atoms with Gasteiger partial charge in [0.2, 0.25) is 11.7 Å². The smallest absolute Gasteiger partial charge is 0.228 e. The van der Waals surface area contributed by atoms with E-state index in [4.69, 9.17) is 15.0 Å². The highest BCUT2D eigenvalue weighted by atomic mass is 16.5. The average molecular weight is 259 g/mol. The van der Waals surface area contributed by atoms with Gasteiger partial charge in [-0.2, -0.15) is 4.98 Å². The highest BCUT2D eigenvalue weighted by molar-refractivity contribution is 5.63. The molecule has 1 aliphatic rings. The van der Waals surface area contributed by atoms with Gasteiger partial charge >= 0.3 is 0 Å². The predicted molar refractivity (Wildman–Crippen MR) is 70.7 cm³/mol. The maximum Gasteiger partial charge on any atom is 0.228 e. The summed E-state index contributed by atoms with van der Waals surface area (Å²) in [4.78, 5) is 4.40. The van der Waals surface area contributed by atoms with Crippen molar-refractivity contribution in [2.75, 3.05) is 7.11 Å². The Balaban J connectivity index is 1.80. The maximum absolute atomic E-state index is 6.06. The molecule has 2 N–H and O–H groups in total. The third-order valence-electron chi connectivity index (χ3n) is 3.45. The fourth-order valence-electron chi connectivity index (χ4n) is 2.17. The summed E-state index contributed by atoms with van der Waals surface area (Å²) in [5, 5.41) is 4.01. The van der Waals surface area contributed by atoms with E-state index in [0.29, 0.717) is 24.1 Å². The SMILES string of the molecule is COc1ccccc1-c1noc(CC(N)C2CC2)n1. The monoisotopic (exact) mass is 259 g/mol. The number of rotatable bonds is 5. The molecular formula is C14H17N3O2. The Morgan fingerprint density at radius 2 is 2.21 bits per heavy atom. The van der Waals surface area contributed by atoms with E-state index >= 15 is 0 Å². The first-order valence-electron chi connectivity index (χ1n) is 6.49. The summed E-state index contributed by atoms with van der Waals surface area (Å²) in [5.41, 5.74) is 6.90. The van der Waals surface area contributed by atoms with Crippen LogP contribution in [-0.4, -0.2) is 23.3 Å². The maximum atomic E-state index is 6.06. The van der Waals surface area contributed by atoms with Crippen molar-refractivity contribution in [3.05, 3.63) is 30.2 Å². The van der Waals surface area contributed by atoms with Gasteiger partial charge < -0.3 is 15.0 Å². The average Bonchev–Trinajstić information content (AvgIpc) is 3.20. The van der Waals surface area contributed by atoms with Crippen molar-refractivity contribution in [3.63, 3.8) is 0 Å². The molecule has 0 bridgehead atoms. The van der Waals surface area contributed by atoms with Gasteiger partial charge in [0.15, 0.2) is 0 Å². The minimum absolute atomic E-state index is 0.131. The van der Waals surface area contributed by atoms with Gasteiger partial charge in [0.1, 0.15) is 5.75 Å². The molecule has 1 atom stereocenters. The predicted octanol–water partition coefficient (Wildman–Crippen LogP) is 2.02. The van der Waals surface area contributed by atoms with E-state index in [9.17, 15) is 0 Å². The molecule has 0 amide bonds. The Labute approximate surface area is 111 Å². The highest BCUT2D eigenvalue weighted by Crippen LogP contribution is 2.33. The zero-order chi connectivity index (χ0) is 13.2. The van der Waals surface area contributed by atoms with E-state index in [0.717, 1.165) is 11.3 Å². The van der Waals surface area contributed by atoms with Crippen molar-refractivity contribution in [2.24, 2.45) is 11.7 Å². The Morgan fingerprint density at radius 3 is 2.95 bits per heavy atom. The van der Waals surface area contributed by atoms with Gasteiger partial charge in [-0.25, -0.2) is 0 Å². The molecule has 1 aromatic carbocycles. The first kappa shape index (κ1) is 12.2. The minimum Gasteiger partial charge on any atom is -0.496 e. The van der Waals surface area contributed by atoms with Crippen LogP contribution in [0.5, 0.6) is 5.75 Å². The fourth-order valence-corrected chi connectivity index (χ4v) is 2.17. The summed E-state index contributed by atoms with van der Waals surface area (Å²) in [6.07, 6.45) is 3.08. The van der Waals surface area contributed by atoms with Gasteiger partial charge in [0, 0.05) is 12.5 Å². The Hall–Kier alpha value is -1.88. The number of para-hydroxylation sites is 1. The lowest BCUT2D eigenvalue weighted by molar-refractivity contribution is 0.363. The quantitative estimate of drug-likeness (QED) is 0.889.